The van der Waals surface area contributed by atoms with E-state index < -0.39 is 5.41 Å². The lowest BCUT2D eigenvalue weighted by atomic mass is 9.93. The van der Waals surface area contributed by atoms with Crippen molar-refractivity contribution < 1.29 is 4.79 Å². The van der Waals surface area contributed by atoms with E-state index in [0.717, 1.165) is 0 Å². The second-order valence-electron chi connectivity index (χ2n) is 3.75. The van der Waals surface area contributed by atoms with Crippen molar-refractivity contribution in [3.63, 3.8) is 0 Å². The average Bonchev–Trinajstić information content (AvgIpc) is 2.01. The highest BCUT2D eigenvalue weighted by atomic mass is 16.2. The normalized spacial score (nSPS) is 11.1. The molecule has 0 rings (SSSR count). The van der Waals surface area contributed by atoms with E-state index in [1.165, 1.54) is 0 Å². The van der Waals surface area contributed by atoms with Crippen LogP contribution < -0.4 is 0 Å². The number of nitrogens with zero attached hydrogens (tertiary/aromatic N) is 2. The molecule has 0 saturated heterocycles. The Morgan fingerprint density at radius 2 is 1.92 bits per heavy atom. The number of hydrogen-bond acceptors (Lipinski definition) is 2. The zero-order valence-electron chi connectivity index (χ0n) is 8.38. The summed E-state index contributed by atoms with van der Waals surface area (Å²) >= 11 is 0. The maximum absolute atomic E-state index is 11.5. The van der Waals surface area contributed by atoms with Crippen LogP contribution in [-0.2, 0) is 4.79 Å². The second-order valence-corrected chi connectivity index (χ2v) is 3.75. The predicted octanol–water partition coefficient (Wildman–Crippen LogP) is 1.40. The van der Waals surface area contributed by atoms with E-state index in [2.05, 4.69) is 0 Å². The van der Waals surface area contributed by atoms with Gasteiger partial charge in [0.15, 0.2) is 0 Å². The van der Waals surface area contributed by atoms with Gasteiger partial charge in [-0.2, -0.15) is 5.26 Å². The largest absolute Gasteiger partial charge is 0.342 e. The molecular weight excluding hydrogens is 152 g/mol. The number of carbonyl (C=O) groups is 1. The Hall–Kier alpha value is -1.04. The van der Waals surface area contributed by atoms with Crippen LogP contribution in [0.4, 0.5) is 0 Å². The minimum atomic E-state index is -0.904. The van der Waals surface area contributed by atoms with Crippen LogP contribution in [0.3, 0.4) is 0 Å². The fourth-order valence-electron chi connectivity index (χ4n) is 0.723. The standard InChI is InChI=1S/C9H16N2O/c1-7(2)11(5)8(12)9(3,4)6-10/h7H,1-5H3. The summed E-state index contributed by atoms with van der Waals surface area (Å²) in [6, 6.07) is 2.13. The Kier molecular flexibility index (Phi) is 3.26. The third-order valence-corrected chi connectivity index (χ3v) is 1.91. The van der Waals surface area contributed by atoms with Crippen molar-refractivity contribution >= 4 is 5.91 Å². The van der Waals surface area contributed by atoms with Gasteiger partial charge in [0.2, 0.25) is 5.91 Å². The fourth-order valence-corrected chi connectivity index (χ4v) is 0.723. The molecule has 0 aromatic heterocycles. The van der Waals surface area contributed by atoms with Crippen LogP contribution in [-0.4, -0.2) is 23.9 Å². The second kappa shape index (κ2) is 3.57. The molecule has 0 fully saturated rings. The van der Waals surface area contributed by atoms with E-state index in [9.17, 15) is 4.79 Å². The number of nitriles is 1. The first-order valence-corrected chi connectivity index (χ1v) is 4.01. The van der Waals surface area contributed by atoms with Crippen molar-refractivity contribution in [2.45, 2.75) is 33.7 Å². The summed E-state index contributed by atoms with van der Waals surface area (Å²) in [5, 5.41) is 8.70. The molecule has 0 saturated carbocycles. The highest BCUT2D eigenvalue weighted by Gasteiger charge is 2.31. The number of carbonyl (C=O) groups excluding carboxylic acids is 1. The van der Waals surface area contributed by atoms with Crippen molar-refractivity contribution in [3.05, 3.63) is 0 Å². The highest BCUT2D eigenvalue weighted by molar-refractivity contribution is 5.84. The summed E-state index contributed by atoms with van der Waals surface area (Å²) in [6.45, 7) is 7.11. The van der Waals surface area contributed by atoms with Gasteiger partial charge in [-0.15, -0.1) is 0 Å². The number of amides is 1. The van der Waals surface area contributed by atoms with Crippen LogP contribution in [0.5, 0.6) is 0 Å². The summed E-state index contributed by atoms with van der Waals surface area (Å²) in [7, 11) is 1.71. The molecule has 0 atom stereocenters. The molecule has 0 aliphatic carbocycles. The molecule has 0 aromatic carbocycles. The third-order valence-electron chi connectivity index (χ3n) is 1.91. The molecule has 0 spiro atoms. The van der Waals surface area contributed by atoms with Crippen molar-refractivity contribution in [1.82, 2.24) is 4.90 Å². The summed E-state index contributed by atoms with van der Waals surface area (Å²) in [4.78, 5) is 13.1. The van der Waals surface area contributed by atoms with Gasteiger partial charge >= 0.3 is 0 Å². The molecule has 0 unspecified atom stereocenters. The van der Waals surface area contributed by atoms with E-state index in [4.69, 9.17) is 5.26 Å². The van der Waals surface area contributed by atoms with Crippen molar-refractivity contribution in [2.75, 3.05) is 7.05 Å². The van der Waals surface area contributed by atoms with Gasteiger partial charge in [0, 0.05) is 13.1 Å². The lowest BCUT2D eigenvalue weighted by Gasteiger charge is -2.27. The van der Waals surface area contributed by atoms with Crippen molar-refractivity contribution in [2.24, 2.45) is 5.41 Å². The molecule has 0 N–H and O–H groups in total. The third kappa shape index (κ3) is 2.23. The molecule has 0 aromatic rings. The van der Waals surface area contributed by atoms with Gasteiger partial charge in [-0.1, -0.05) is 0 Å². The molecule has 3 nitrogen and oxygen atoms in total. The predicted molar refractivity (Wildman–Crippen MR) is 47.3 cm³/mol. The van der Waals surface area contributed by atoms with Gasteiger partial charge in [0.1, 0.15) is 5.41 Å². The zero-order chi connectivity index (χ0) is 9.94. The molecule has 0 aliphatic heterocycles. The van der Waals surface area contributed by atoms with Crippen LogP contribution in [0.15, 0.2) is 0 Å². The van der Waals surface area contributed by atoms with Crippen LogP contribution in [0.25, 0.3) is 0 Å². The Morgan fingerprint density at radius 1 is 1.50 bits per heavy atom. The van der Waals surface area contributed by atoms with Gasteiger partial charge in [0.25, 0.3) is 0 Å². The summed E-state index contributed by atoms with van der Waals surface area (Å²) in [5.41, 5.74) is -0.904. The summed E-state index contributed by atoms with van der Waals surface area (Å²) in [6.07, 6.45) is 0. The Labute approximate surface area is 74.0 Å². The molecule has 0 bridgehead atoms. The smallest absolute Gasteiger partial charge is 0.242 e. The fraction of sp³-hybridized carbons (Fsp3) is 0.778. The van der Waals surface area contributed by atoms with Gasteiger partial charge < -0.3 is 4.90 Å². The molecule has 3 heteroatoms. The van der Waals surface area contributed by atoms with E-state index >= 15 is 0 Å². The highest BCUT2D eigenvalue weighted by Crippen LogP contribution is 2.17. The topological polar surface area (TPSA) is 44.1 Å². The molecule has 0 radical (unpaired) electrons. The maximum atomic E-state index is 11.5. The van der Waals surface area contributed by atoms with Crippen molar-refractivity contribution in [3.8, 4) is 6.07 Å². The van der Waals surface area contributed by atoms with Gasteiger partial charge in [0.05, 0.1) is 6.07 Å². The van der Waals surface area contributed by atoms with E-state index in [1.807, 2.05) is 19.9 Å². The first-order chi connectivity index (χ1) is 5.33. The molecule has 12 heavy (non-hydrogen) atoms. The lowest BCUT2D eigenvalue weighted by molar-refractivity contribution is -0.137. The maximum Gasteiger partial charge on any atom is 0.242 e. The molecule has 68 valence electrons. The molecule has 0 aliphatic rings. The minimum Gasteiger partial charge on any atom is -0.342 e. The number of hydrogen-bond donors (Lipinski definition) is 0. The Balaban J connectivity index is 4.53. The summed E-state index contributed by atoms with van der Waals surface area (Å²) in [5.74, 6) is -0.125. The first-order valence-electron chi connectivity index (χ1n) is 4.01. The van der Waals surface area contributed by atoms with Crippen LogP contribution in [0.2, 0.25) is 0 Å². The minimum absolute atomic E-state index is 0.125. The lowest BCUT2D eigenvalue weighted by Crippen LogP contribution is -2.41. The quantitative estimate of drug-likeness (QED) is 0.625. The summed E-state index contributed by atoms with van der Waals surface area (Å²) < 4.78 is 0. The molecular formula is C9H16N2O. The first kappa shape index (κ1) is 11.0. The molecule has 1 amide bonds. The van der Waals surface area contributed by atoms with E-state index in [-0.39, 0.29) is 11.9 Å². The van der Waals surface area contributed by atoms with Crippen LogP contribution >= 0.6 is 0 Å². The van der Waals surface area contributed by atoms with Crippen molar-refractivity contribution in [1.29, 1.82) is 5.26 Å². The van der Waals surface area contributed by atoms with Gasteiger partial charge in [-0.25, -0.2) is 0 Å². The van der Waals surface area contributed by atoms with Gasteiger partial charge in [-0.3, -0.25) is 4.79 Å². The van der Waals surface area contributed by atoms with Crippen LogP contribution in [0.1, 0.15) is 27.7 Å². The van der Waals surface area contributed by atoms with E-state index in [0.29, 0.717) is 0 Å². The Morgan fingerprint density at radius 3 is 2.17 bits per heavy atom. The number of rotatable bonds is 2. The average molecular weight is 168 g/mol. The zero-order valence-corrected chi connectivity index (χ0v) is 8.38. The van der Waals surface area contributed by atoms with Gasteiger partial charge in [-0.05, 0) is 27.7 Å². The monoisotopic (exact) mass is 168 g/mol. The Bertz CT molecular complexity index is 213. The van der Waals surface area contributed by atoms with Crippen LogP contribution in [0, 0.1) is 16.7 Å². The van der Waals surface area contributed by atoms with E-state index in [1.54, 1.807) is 25.8 Å². The molecule has 0 heterocycles. The SMILES string of the molecule is CC(C)N(C)C(=O)C(C)(C)C#N.